The molecule has 0 bridgehead atoms. The van der Waals surface area contributed by atoms with E-state index in [0.717, 1.165) is 16.9 Å². The minimum absolute atomic E-state index is 0.104. The lowest BCUT2D eigenvalue weighted by Gasteiger charge is -2.29. The molecule has 2 aromatic rings. The maximum Gasteiger partial charge on any atom is 0.255 e. The van der Waals surface area contributed by atoms with Crippen molar-refractivity contribution < 1.29 is 9.21 Å². The standard InChI is InChI=1S/C17H20BrNO2/c1-11-12(2)21-13(3)15(11)16(20)19-17(4,10-18)14-8-6-5-7-9-14/h5-9H,10H2,1-4H3,(H,19,20). The summed E-state index contributed by atoms with van der Waals surface area (Å²) >= 11 is 3.51. The van der Waals surface area contributed by atoms with Gasteiger partial charge in [0.2, 0.25) is 0 Å². The third kappa shape index (κ3) is 3.05. The van der Waals surface area contributed by atoms with Crippen LogP contribution >= 0.6 is 15.9 Å². The van der Waals surface area contributed by atoms with Gasteiger partial charge in [-0.1, -0.05) is 46.3 Å². The Labute approximate surface area is 133 Å². The molecule has 0 fully saturated rings. The van der Waals surface area contributed by atoms with Crippen LogP contribution in [0.2, 0.25) is 0 Å². The second-order valence-corrected chi connectivity index (χ2v) is 6.06. The average Bonchev–Trinajstić information content (AvgIpc) is 2.73. The third-order valence-electron chi connectivity index (χ3n) is 3.86. The lowest BCUT2D eigenvalue weighted by molar-refractivity contribution is 0.0912. The molecule has 1 aromatic heterocycles. The van der Waals surface area contributed by atoms with E-state index in [1.807, 2.05) is 58.0 Å². The van der Waals surface area contributed by atoms with Gasteiger partial charge in [0.1, 0.15) is 11.5 Å². The fourth-order valence-electron chi connectivity index (χ4n) is 2.43. The lowest BCUT2D eigenvalue weighted by atomic mass is 9.93. The van der Waals surface area contributed by atoms with Crippen molar-refractivity contribution >= 4 is 21.8 Å². The second-order valence-electron chi connectivity index (χ2n) is 5.50. The molecule has 0 saturated carbocycles. The van der Waals surface area contributed by atoms with E-state index in [0.29, 0.717) is 16.7 Å². The number of benzene rings is 1. The molecule has 4 heteroatoms. The topological polar surface area (TPSA) is 42.2 Å². The van der Waals surface area contributed by atoms with E-state index in [4.69, 9.17) is 4.42 Å². The Morgan fingerprint density at radius 2 is 1.81 bits per heavy atom. The van der Waals surface area contributed by atoms with Gasteiger partial charge in [-0.2, -0.15) is 0 Å². The molecular weight excluding hydrogens is 330 g/mol. The zero-order chi connectivity index (χ0) is 15.6. The highest BCUT2D eigenvalue weighted by Crippen LogP contribution is 2.26. The van der Waals surface area contributed by atoms with E-state index in [1.54, 1.807) is 0 Å². The van der Waals surface area contributed by atoms with Crippen LogP contribution in [0.5, 0.6) is 0 Å². The molecule has 2 rings (SSSR count). The molecule has 3 nitrogen and oxygen atoms in total. The number of alkyl halides is 1. The maximum atomic E-state index is 12.7. The van der Waals surface area contributed by atoms with Gasteiger partial charge >= 0.3 is 0 Å². The van der Waals surface area contributed by atoms with Crippen molar-refractivity contribution in [3.05, 3.63) is 58.5 Å². The number of halogens is 1. The van der Waals surface area contributed by atoms with Crippen LogP contribution in [0.15, 0.2) is 34.7 Å². The van der Waals surface area contributed by atoms with Crippen molar-refractivity contribution in [2.24, 2.45) is 0 Å². The highest BCUT2D eigenvalue weighted by Gasteiger charge is 2.30. The molecule has 1 unspecified atom stereocenters. The van der Waals surface area contributed by atoms with E-state index in [-0.39, 0.29) is 5.91 Å². The van der Waals surface area contributed by atoms with Crippen molar-refractivity contribution in [3.63, 3.8) is 0 Å². The van der Waals surface area contributed by atoms with E-state index < -0.39 is 5.54 Å². The Balaban J connectivity index is 2.33. The summed E-state index contributed by atoms with van der Waals surface area (Å²) in [5.74, 6) is 1.35. The summed E-state index contributed by atoms with van der Waals surface area (Å²) in [6.45, 7) is 7.62. The van der Waals surface area contributed by atoms with Gasteiger partial charge in [-0.3, -0.25) is 4.79 Å². The molecule has 0 aliphatic heterocycles. The Bertz CT molecular complexity index is 648. The van der Waals surface area contributed by atoms with E-state index >= 15 is 0 Å². The minimum Gasteiger partial charge on any atom is -0.466 e. The lowest BCUT2D eigenvalue weighted by Crippen LogP contribution is -2.45. The predicted octanol–water partition coefficient (Wildman–Crippen LogP) is 4.24. The van der Waals surface area contributed by atoms with Crippen molar-refractivity contribution in [3.8, 4) is 0 Å². The molecule has 1 atom stereocenters. The largest absolute Gasteiger partial charge is 0.466 e. The zero-order valence-electron chi connectivity index (χ0n) is 12.8. The van der Waals surface area contributed by atoms with Crippen molar-refractivity contribution in [2.45, 2.75) is 33.2 Å². The molecule has 112 valence electrons. The number of rotatable bonds is 4. The third-order valence-corrected chi connectivity index (χ3v) is 4.98. The van der Waals surface area contributed by atoms with Gasteiger partial charge in [0.05, 0.1) is 11.1 Å². The van der Waals surface area contributed by atoms with Gasteiger partial charge in [0.15, 0.2) is 0 Å². The Hall–Kier alpha value is -1.55. The van der Waals surface area contributed by atoms with Crippen molar-refractivity contribution in [1.82, 2.24) is 5.32 Å². The first-order valence-electron chi connectivity index (χ1n) is 6.89. The van der Waals surface area contributed by atoms with Crippen LogP contribution < -0.4 is 5.32 Å². The summed E-state index contributed by atoms with van der Waals surface area (Å²) < 4.78 is 5.55. The first-order chi connectivity index (χ1) is 9.89. The smallest absolute Gasteiger partial charge is 0.255 e. The zero-order valence-corrected chi connectivity index (χ0v) is 14.4. The highest BCUT2D eigenvalue weighted by atomic mass is 79.9. The molecule has 1 N–H and O–H groups in total. The SMILES string of the molecule is Cc1oc(C)c(C(=O)NC(C)(CBr)c2ccccc2)c1C. The van der Waals surface area contributed by atoms with Crippen LogP contribution in [0.3, 0.4) is 0 Å². The molecule has 0 saturated heterocycles. The summed E-state index contributed by atoms with van der Waals surface area (Å²) in [7, 11) is 0. The fourth-order valence-corrected chi connectivity index (χ4v) is 2.89. The number of furan rings is 1. The minimum atomic E-state index is -0.470. The van der Waals surface area contributed by atoms with Gasteiger partial charge in [-0.15, -0.1) is 0 Å². The molecule has 1 aromatic carbocycles. The van der Waals surface area contributed by atoms with Crippen LogP contribution in [-0.4, -0.2) is 11.2 Å². The Kier molecular flexibility index (Phi) is 4.57. The van der Waals surface area contributed by atoms with Crippen LogP contribution in [0.25, 0.3) is 0 Å². The Morgan fingerprint density at radius 3 is 2.29 bits per heavy atom. The molecule has 0 spiro atoms. The number of hydrogen-bond acceptors (Lipinski definition) is 2. The second kappa shape index (κ2) is 6.06. The summed E-state index contributed by atoms with van der Waals surface area (Å²) in [5, 5.41) is 3.75. The normalized spacial score (nSPS) is 13.8. The number of aryl methyl sites for hydroxylation is 2. The summed E-state index contributed by atoms with van der Waals surface area (Å²) in [4.78, 5) is 12.7. The van der Waals surface area contributed by atoms with Gasteiger partial charge in [0.25, 0.3) is 5.91 Å². The molecule has 0 aliphatic carbocycles. The van der Waals surface area contributed by atoms with Gasteiger partial charge < -0.3 is 9.73 Å². The number of carbonyl (C=O) groups excluding carboxylic acids is 1. The predicted molar refractivity (Wildman–Crippen MR) is 88.0 cm³/mol. The summed E-state index contributed by atoms with van der Waals surface area (Å²) in [6, 6.07) is 9.94. The Morgan fingerprint density at radius 1 is 1.19 bits per heavy atom. The first-order valence-corrected chi connectivity index (χ1v) is 8.02. The molecule has 0 aliphatic rings. The first kappa shape index (κ1) is 15.8. The molecule has 0 radical (unpaired) electrons. The van der Waals surface area contributed by atoms with Crippen LogP contribution in [-0.2, 0) is 5.54 Å². The highest BCUT2D eigenvalue weighted by molar-refractivity contribution is 9.09. The number of amides is 1. The number of carbonyl (C=O) groups is 1. The van der Waals surface area contributed by atoms with E-state index in [2.05, 4.69) is 21.2 Å². The van der Waals surface area contributed by atoms with Crippen LogP contribution in [0, 0.1) is 20.8 Å². The van der Waals surface area contributed by atoms with Crippen LogP contribution in [0.1, 0.15) is 39.9 Å². The molecule has 1 amide bonds. The van der Waals surface area contributed by atoms with Gasteiger partial charge in [-0.25, -0.2) is 0 Å². The molecule has 21 heavy (non-hydrogen) atoms. The summed E-state index contributed by atoms with van der Waals surface area (Å²) in [6.07, 6.45) is 0. The maximum absolute atomic E-state index is 12.7. The van der Waals surface area contributed by atoms with E-state index in [9.17, 15) is 4.79 Å². The monoisotopic (exact) mass is 349 g/mol. The van der Waals surface area contributed by atoms with Gasteiger partial charge in [-0.05, 0) is 33.3 Å². The summed E-state index contributed by atoms with van der Waals surface area (Å²) in [5.41, 5.74) is 2.12. The van der Waals surface area contributed by atoms with E-state index in [1.165, 1.54) is 0 Å². The average molecular weight is 350 g/mol. The van der Waals surface area contributed by atoms with Crippen molar-refractivity contribution in [1.29, 1.82) is 0 Å². The van der Waals surface area contributed by atoms with Gasteiger partial charge in [0, 0.05) is 10.9 Å². The van der Waals surface area contributed by atoms with Crippen LogP contribution in [0.4, 0.5) is 0 Å². The fraction of sp³-hybridized carbons (Fsp3) is 0.353. The molecular formula is C17H20BrNO2. The number of nitrogens with one attached hydrogen (secondary N) is 1. The number of hydrogen-bond donors (Lipinski definition) is 1. The quantitative estimate of drug-likeness (QED) is 0.838. The van der Waals surface area contributed by atoms with Crippen molar-refractivity contribution in [2.75, 3.05) is 5.33 Å². The molecule has 1 heterocycles.